The van der Waals surface area contributed by atoms with Gasteiger partial charge < -0.3 is 10.4 Å². The van der Waals surface area contributed by atoms with Crippen molar-refractivity contribution in [3.63, 3.8) is 0 Å². The Morgan fingerprint density at radius 1 is 1.35 bits per heavy atom. The number of hydrogen-bond donors (Lipinski definition) is 2. The van der Waals surface area contributed by atoms with Crippen molar-refractivity contribution in [1.82, 2.24) is 5.32 Å². The second-order valence-electron chi connectivity index (χ2n) is 5.70. The van der Waals surface area contributed by atoms with Crippen molar-refractivity contribution in [3.05, 3.63) is 24.3 Å². The summed E-state index contributed by atoms with van der Waals surface area (Å²) in [5.41, 5.74) is 0. The number of para-hydroxylation sites is 1. The summed E-state index contributed by atoms with van der Waals surface area (Å²) in [5.74, 6) is 1.88. The number of amides is 1. The van der Waals surface area contributed by atoms with Crippen LogP contribution in [-0.4, -0.2) is 22.8 Å². The Bertz CT molecular complexity index is 464. The first kappa shape index (κ1) is 15.2. The average Bonchev–Trinajstić information content (AvgIpc) is 2.43. The number of nitrogens with one attached hydrogen (secondary N) is 1. The molecule has 3 atom stereocenters. The maximum absolute atomic E-state index is 12.0. The van der Waals surface area contributed by atoms with Crippen LogP contribution in [0.5, 0.6) is 5.75 Å². The Balaban J connectivity index is 1.82. The Hall–Kier alpha value is -1.16. The van der Waals surface area contributed by atoms with Crippen LogP contribution < -0.4 is 5.32 Å². The fraction of sp³-hybridized carbons (Fsp3) is 0.562. The van der Waals surface area contributed by atoms with Crippen LogP contribution in [0.25, 0.3) is 0 Å². The minimum Gasteiger partial charge on any atom is -0.507 e. The quantitative estimate of drug-likeness (QED) is 0.836. The van der Waals surface area contributed by atoms with E-state index in [0.717, 1.165) is 11.3 Å². The van der Waals surface area contributed by atoms with Crippen LogP contribution in [0.3, 0.4) is 0 Å². The second-order valence-corrected chi connectivity index (χ2v) is 6.71. The highest BCUT2D eigenvalue weighted by Crippen LogP contribution is 2.30. The normalized spacial score (nSPS) is 26.2. The van der Waals surface area contributed by atoms with Crippen molar-refractivity contribution >= 4 is 17.7 Å². The summed E-state index contributed by atoms with van der Waals surface area (Å²) in [6, 6.07) is 7.43. The number of thioether (sulfide) groups is 1. The summed E-state index contributed by atoms with van der Waals surface area (Å²) in [5, 5.41) is 12.8. The summed E-state index contributed by atoms with van der Waals surface area (Å²) in [6.45, 7) is 4.49. The first-order chi connectivity index (χ1) is 9.58. The molecule has 0 bridgehead atoms. The highest BCUT2D eigenvalue weighted by atomic mass is 32.2. The van der Waals surface area contributed by atoms with E-state index < -0.39 is 0 Å². The first-order valence-corrected chi connectivity index (χ1v) is 8.26. The Kier molecular flexibility index (Phi) is 5.35. The third-order valence-corrected chi connectivity index (χ3v) is 5.34. The van der Waals surface area contributed by atoms with Gasteiger partial charge in [-0.1, -0.05) is 38.8 Å². The number of carbonyl (C=O) groups excluding carboxylic acids is 1. The van der Waals surface area contributed by atoms with Gasteiger partial charge in [0.05, 0.1) is 5.75 Å². The van der Waals surface area contributed by atoms with Crippen molar-refractivity contribution in [2.75, 3.05) is 5.75 Å². The number of aromatic hydroxyl groups is 1. The first-order valence-electron chi connectivity index (χ1n) is 7.28. The van der Waals surface area contributed by atoms with Gasteiger partial charge in [0.1, 0.15) is 5.75 Å². The third kappa shape index (κ3) is 3.92. The van der Waals surface area contributed by atoms with E-state index in [1.165, 1.54) is 24.6 Å². The molecule has 1 aliphatic carbocycles. The molecule has 1 aromatic carbocycles. The Morgan fingerprint density at radius 3 is 2.85 bits per heavy atom. The number of rotatable bonds is 4. The summed E-state index contributed by atoms with van der Waals surface area (Å²) in [6.07, 6.45) is 3.54. The van der Waals surface area contributed by atoms with Gasteiger partial charge in [-0.05, 0) is 30.4 Å². The van der Waals surface area contributed by atoms with Gasteiger partial charge in [-0.25, -0.2) is 0 Å². The van der Waals surface area contributed by atoms with Crippen molar-refractivity contribution in [3.8, 4) is 5.75 Å². The van der Waals surface area contributed by atoms with E-state index >= 15 is 0 Å². The zero-order valence-corrected chi connectivity index (χ0v) is 13.0. The van der Waals surface area contributed by atoms with E-state index in [-0.39, 0.29) is 11.7 Å². The lowest BCUT2D eigenvalue weighted by atomic mass is 9.78. The van der Waals surface area contributed by atoms with Gasteiger partial charge in [0, 0.05) is 10.9 Å². The van der Waals surface area contributed by atoms with E-state index in [0.29, 0.717) is 23.6 Å². The molecule has 3 unspecified atom stereocenters. The fourth-order valence-corrected chi connectivity index (χ4v) is 3.52. The molecular formula is C16H23NO2S. The number of phenolic OH excluding ortho intramolecular Hbond substituents is 1. The molecule has 2 N–H and O–H groups in total. The van der Waals surface area contributed by atoms with Gasteiger partial charge in [-0.2, -0.15) is 0 Å². The van der Waals surface area contributed by atoms with Crippen LogP contribution in [0.2, 0.25) is 0 Å². The molecule has 1 aliphatic rings. The van der Waals surface area contributed by atoms with E-state index in [4.69, 9.17) is 0 Å². The van der Waals surface area contributed by atoms with Gasteiger partial charge in [-0.15, -0.1) is 11.8 Å². The predicted molar refractivity (Wildman–Crippen MR) is 82.9 cm³/mol. The van der Waals surface area contributed by atoms with E-state index in [9.17, 15) is 9.90 Å². The third-order valence-electron chi connectivity index (χ3n) is 4.28. The molecular weight excluding hydrogens is 270 g/mol. The zero-order valence-electron chi connectivity index (χ0n) is 12.1. The van der Waals surface area contributed by atoms with Crippen LogP contribution in [0.1, 0.15) is 33.1 Å². The molecule has 110 valence electrons. The molecule has 0 heterocycles. The molecule has 0 aliphatic heterocycles. The van der Waals surface area contributed by atoms with E-state index in [1.807, 2.05) is 12.1 Å². The largest absolute Gasteiger partial charge is 0.507 e. The lowest BCUT2D eigenvalue weighted by Crippen LogP contribution is -2.44. The molecule has 2 rings (SSSR count). The lowest BCUT2D eigenvalue weighted by molar-refractivity contribution is -0.119. The molecule has 1 saturated carbocycles. The topological polar surface area (TPSA) is 49.3 Å². The maximum Gasteiger partial charge on any atom is 0.230 e. The van der Waals surface area contributed by atoms with Gasteiger partial charge in [0.15, 0.2) is 0 Å². The summed E-state index contributed by atoms with van der Waals surface area (Å²) in [4.78, 5) is 12.8. The molecule has 0 saturated heterocycles. The SMILES string of the molecule is CC1CCCC(NC(=O)CSc2ccccc2O)C1C. The minimum atomic E-state index is 0.0594. The predicted octanol–water partition coefficient (Wildman–Crippen LogP) is 3.43. The molecule has 1 amide bonds. The molecule has 0 aromatic heterocycles. The van der Waals surface area contributed by atoms with Crippen molar-refractivity contribution in [2.45, 2.75) is 44.0 Å². The molecule has 1 aromatic rings. The summed E-state index contributed by atoms with van der Waals surface area (Å²) < 4.78 is 0. The Morgan fingerprint density at radius 2 is 2.10 bits per heavy atom. The summed E-state index contributed by atoms with van der Waals surface area (Å²) >= 11 is 1.38. The van der Waals surface area contributed by atoms with Gasteiger partial charge in [-0.3, -0.25) is 4.79 Å². The van der Waals surface area contributed by atoms with Crippen LogP contribution >= 0.6 is 11.8 Å². The van der Waals surface area contributed by atoms with Crippen LogP contribution in [0, 0.1) is 11.8 Å². The molecule has 1 fully saturated rings. The van der Waals surface area contributed by atoms with Crippen molar-refractivity contribution in [1.29, 1.82) is 0 Å². The smallest absolute Gasteiger partial charge is 0.230 e. The number of hydrogen-bond acceptors (Lipinski definition) is 3. The molecule has 4 heteroatoms. The van der Waals surface area contributed by atoms with Crippen LogP contribution in [0.4, 0.5) is 0 Å². The zero-order chi connectivity index (χ0) is 14.5. The highest BCUT2D eigenvalue weighted by Gasteiger charge is 2.27. The molecule has 0 spiro atoms. The summed E-state index contributed by atoms with van der Waals surface area (Å²) in [7, 11) is 0. The molecule has 3 nitrogen and oxygen atoms in total. The van der Waals surface area contributed by atoms with Crippen molar-refractivity contribution < 1.29 is 9.90 Å². The second kappa shape index (κ2) is 7.02. The molecule has 20 heavy (non-hydrogen) atoms. The van der Waals surface area contributed by atoms with Gasteiger partial charge in [0.2, 0.25) is 5.91 Å². The number of carbonyl (C=O) groups is 1. The number of phenols is 1. The Labute approximate surface area is 125 Å². The van der Waals surface area contributed by atoms with Crippen molar-refractivity contribution in [2.24, 2.45) is 11.8 Å². The highest BCUT2D eigenvalue weighted by molar-refractivity contribution is 8.00. The fourth-order valence-electron chi connectivity index (χ4n) is 2.76. The number of benzene rings is 1. The van der Waals surface area contributed by atoms with Gasteiger partial charge in [0.25, 0.3) is 0 Å². The molecule has 0 radical (unpaired) electrons. The van der Waals surface area contributed by atoms with Gasteiger partial charge >= 0.3 is 0 Å². The van der Waals surface area contributed by atoms with E-state index in [2.05, 4.69) is 19.2 Å². The van der Waals surface area contributed by atoms with E-state index in [1.54, 1.807) is 12.1 Å². The van der Waals surface area contributed by atoms with Crippen LogP contribution in [-0.2, 0) is 4.79 Å². The minimum absolute atomic E-state index is 0.0594. The maximum atomic E-state index is 12.0. The average molecular weight is 293 g/mol. The standard InChI is InChI=1S/C16H23NO2S/c1-11-6-5-7-13(12(11)2)17-16(19)10-20-15-9-4-3-8-14(15)18/h3-4,8-9,11-13,18H,5-7,10H2,1-2H3,(H,17,19). The van der Waals surface area contributed by atoms with Crippen LogP contribution in [0.15, 0.2) is 29.2 Å². The lowest BCUT2D eigenvalue weighted by Gasteiger charge is -2.34. The monoisotopic (exact) mass is 293 g/mol.